The first-order valence-corrected chi connectivity index (χ1v) is 7.56. The van der Waals surface area contributed by atoms with Crippen LogP contribution in [0.15, 0.2) is 22.7 Å². The van der Waals surface area contributed by atoms with Crippen molar-refractivity contribution >= 4 is 21.8 Å². The third-order valence-electron chi connectivity index (χ3n) is 3.73. The SMILES string of the molecule is N#CC(NC(=O)c1ccc(F)c(Br)c1)C1CCCCC1. The highest BCUT2D eigenvalue weighted by molar-refractivity contribution is 9.10. The number of benzene rings is 1. The van der Waals surface area contributed by atoms with Crippen molar-refractivity contribution in [1.29, 1.82) is 5.26 Å². The molecule has 106 valence electrons. The molecule has 20 heavy (non-hydrogen) atoms. The molecular weight excluding hydrogens is 323 g/mol. The largest absolute Gasteiger partial charge is 0.336 e. The average Bonchev–Trinajstić information content (AvgIpc) is 2.48. The van der Waals surface area contributed by atoms with Crippen LogP contribution in [0.3, 0.4) is 0 Å². The Balaban J connectivity index is 2.05. The minimum absolute atomic E-state index is 0.224. The van der Waals surface area contributed by atoms with Crippen LogP contribution in [0, 0.1) is 23.1 Å². The highest BCUT2D eigenvalue weighted by Gasteiger charge is 2.25. The normalized spacial score (nSPS) is 17.2. The predicted octanol–water partition coefficient (Wildman–Crippen LogP) is 3.79. The van der Waals surface area contributed by atoms with Crippen LogP contribution in [-0.4, -0.2) is 11.9 Å². The number of hydrogen-bond donors (Lipinski definition) is 1. The minimum atomic E-state index is -0.466. The zero-order chi connectivity index (χ0) is 14.5. The second-order valence-corrected chi connectivity index (χ2v) is 5.96. The van der Waals surface area contributed by atoms with Crippen molar-refractivity contribution < 1.29 is 9.18 Å². The Hall–Kier alpha value is -1.41. The van der Waals surface area contributed by atoms with Crippen molar-refractivity contribution in [2.24, 2.45) is 5.92 Å². The molecule has 2 rings (SSSR count). The summed E-state index contributed by atoms with van der Waals surface area (Å²) in [4.78, 5) is 12.1. The van der Waals surface area contributed by atoms with Gasteiger partial charge in [0.25, 0.3) is 5.91 Å². The lowest BCUT2D eigenvalue weighted by Crippen LogP contribution is -2.40. The Kier molecular flexibility index (Phi) is 5.13. The summed E-state index contributed by atoms with van der Waals surface area (Å²) in [5.74, 6) is -0.518. The summed E-state index contributed by atoms with van der Waals surface area (Å²) < 4.78 is 13.4. The van der Waals surface area contributed by atoms with Crippen molar-refractivity contribution in [3.63, 3.8) is 0 Å². The summed E-state index contributed by atoms with van der Waals surface area (Å²) in [6.45, 7) is 0. The van der Waals surface area contributed by atoms with Crippen LogP contribution >= 0.6 is 15.9 Å². The molecule has 5 heteroatoms. The molecule has 0 spiro atoms. The van der Waals surface area contributed by atoms with E-state index in [-0.39, 0.29) is 16.3 Å². The number of carbonyl (C=O) groups is 1. The number of halogens is 2. The van der Waals surface area contributed by atoms with E-state index in [0.717, 1.165) is 25.7 Å². The molecule has 1 unspecified atom stereocenters. The Bertz CT molecular complexity index is 535. The molecule has 1 fully saturated rings. The second kappa shape index (κ2) is 6.85. The molecule has 1 saturated carbocycles. The highest BCUT2D eigenvalue weighted by Crippen LogP contribution is 2.26. The van der Waals surface area contributed by atoms with E-state index in [1.54, 1.807) is 0 Å². The van der Waals surface area contributed by atoms with E-state index < -0.39 is 11.9 Å². The van der Waals surface area contributed by atoms with Gasteiger partial charge in [-0.3, -0.25) is 4.79 Å². The first-order chi connectivity index (χ1) is 9.61. The van der Waals surface area contributed by atoms with E-state index >= 15 is 0 Å². The first-order valence-electron chi connectivity index (χ1n) is 6.77. The molecule has 0 aromatic heterocycles. The summed E-state index contributed by atoms with van der Waals surface area (Å²) in [7, 11) is 0. The molecule has 0 saturated heterocycles. The van der Waals surface area contributed by atoms with Crippen molar-refractivity contribution in [3.05, 3.63) is 34.1 Å². The van der Waals surface area contributed by atoms with Crippen LogP contribution < -0.4 is 5.32 Å². The Morgan fingerprint density at radius 1 is 1.40 bits per heavy atom. The van der Waals surface area contributed by atoms with Gasteiger partial charge in [-0.25, -0.2) is 4.39 Å². The summed E-state index contributed by atoms with van der Waals surface area (Å²) in [6.07, 6.45) is 5.38. The van der Waals surface area contributed by atoms with Crippen molar-refractivity contribution in [1.82, 2.24) is 5.32 Å². The summed E-state index contributed by atoms with van der Waals surface area (Å²) in [6, 6.07) is 5.80. The van der Waals surface area contributed by atoms with Crippen LogP contribution in [0.2, 0.25) is 0 Å². The fraction of sp³-hybridized carbons (Fsp3) is 0.467. The third kappa shape index (κ3) is 3.57. The topological polar surface area (TPSA) is 52.9 Å². The Morgan fingerprint density at radius 2 is 2.10 bits per heavy atom. The first kappa shape index (κ1) is 15.0. The molecule has 0 aliphatic heterocycles. The van der Waals surface area contributed by atoms with Gasteiger partial charge in [0.15, 0.2) is 0 Å². The van der Waals surface area contributed by atoms with Crippen molar-refractivity contribution in [3.8, 4) is 6.07 Å². The lowest BCUT2D eigenvalue weighted by atomic mass is 9.84. The van der Waals surface area contributed by atoms with E-state index in [1.807, 2.05) is 0 Å². The van der Waals surface area contributed by atoms with Crippen LogP contribution in [0.1, 0.15) is 42.5 Å². The van der Waals surface area contributed by atoms with Gasteiger partial charge in [0.1, 0.15) is 11.9 Å². The smallest absolute Gasteiger partial charge is 0.252 e. The molecule has 1 aromatic rings. The molecule has 0 bridgehead atoms. The van der Waals surface area contributed by atoms with Gasteiger partial charge in [-0.1, -0.05) is 19.3 Å². The quantitative estimate of drug-likeness (QED) is 0.911. The van der Waals surface area contributed by atoms with Crippen molar-refractivity contribution in [2.75, 3.05) is 0 Å². The van der Waals surface area contributed by atoms with Crippen LogP contribution in [0.4, 0.5) is 4.39 Å². The van der Waals surface area contributed by atoms with Gasteiger partial charge in [-0.05, 0) is 52.9 Å². The zero-order valence-corrected chi connectivity index (χ0v) is 12.6. The molecule has 1 atom stereocenters. The lowest BCUT2D eigenvalue weighted by molar-refractivity contribution is 0.0929. The van der Waals surface area contributed by atoms with E-state index in [1.165, 1.54) is 24.6 Å². The van der Waals surface area contributed by atoms with Gasteiger partial charge >= 0.3 is 0 Å². The van der Waals surface area contributed by atoms with Gasteiger partial charge in [0.05, 0.1) is 10.5 Å². The van der Waals surface area contributed by atoms with E-state index in [4.69, 9.17) is 0 Å². The average molecular weight is 339 g/mol. The summed E-state index contributed by atoms with van der Waals surface area (Å²) in [5.41, 5.74) is 0.356. The molecule has 1 aliphatic carbocycles. The van der Waals surface area contributed by atoms with Crippen molar-refractivity contribution in [2.45, 2.75) is 38.1 Å². The monoisotopic (exact) mass is 338 g/mol. The molecule has 0 radical (unpaired) electrons. The van der Waals surface area contributed by atoms with Gasteiger partial charge < -0.3 is 5.32 Å². The van der Waals surface area contributed by atoms with Gasteiger partial charge in [0.2, 0.25) is 0 Å². The van der Waals surface area contributed by atoms with E-state index in [2.05, 4.69) is 27.3 Å². The van der Waals surface area contributed by atoms with Crippen LogP contribution in [-0.2, 0) is 0 Å². The number of carbonyl (C=O) groups excluding carboxylic acids is 1. The predicted molar refractivity (Wildman–Crippen MR) is 77.5 cm³/mol. The lowest BCUT2D eigenvalue weighted by Gasteiger charge is -2.26. The molecular formula is C15H16BrFN2O. The van der Waals surface area contributed by atoms with E-state index in [0.29, 0.717) is 5.56 Å². The molecule has 1 aliphatic rings. The Labute approximate surface area is 126 Å². The fourth-order valence-electron chi connectivity index (χ4n) is 2.58. The number of nitriles is 1. The molecule has 0 heterocycles. The highest BCUT2D eigenvalue weighted by atomic mass is 79.9. The van der Waals surface area contributed by atoms with Gasteiger partial charge in [0, 0.05) is 5.56 Å². The summed E-state index contributed by atoms with van der Waals surface area (Å²) in [5, 5.41) is 12.0. The maximum atomic E-state index is 13.2. The van der Waals surface area contributed by atoms with Gasteiger partial charge in [-0.15, -0.1) is 0 Å². The second-order valence-electron chi connectivity index (χ2n) is 5.11. The maximum absolute atomic E-state index is 13.2. The molecule has 3 nitrogen and oxygen atoms in total. The molecule has 1 amide bonds. The zero-order valence-electron chi connectivity index (χ0n) is 11.0. The van der Waals surface area contributed by atoms with Gasteiger partial charge in [-0.2, -0.15) is 5.26 Å². The number of hydrogen-bond acceptors (Lipinski definition) is 2. The molecule has 1 N–H and O–H groups in total. The minimum Gasteiger partial charge on any atom is -0.336 e. The third-order valence-corrected chi connectivity index (χ3v) is 4.34. The van der Waals surface area contributed by atoms with Crippen LogP contribution in [0.25, 0.3) is 0 Å². The maximum Gasteiger partial charge on any atom is 0.252 e. The van der Waals surface area contributed by atoms with Crippen LogP contribution in [0.5, 0.6) is 0 Å². The molecule has 1 aromatic carbocycles. The van der Waals surface area contributed by atoms with E-state index in [9.17, 15) is 14.4 Å². The number of nitrogens with one attached hydrogen (secondary N) is 1. The standard InChI is InChI=1S/C15H16BrFN2O/c16-12-8-11(6-7-13(12)17)15(20)19-14(9-18)10-4-2-1-3-5-10/h6-8,10,14H,1-5H2,(H,19,20). The number of amides is 1. The Morgan fingerprint density at radius 3 is 2.70 bits per heavy atom. The number of nitrogens with zero attached hydrogens (tertiary/aromatic N) is 1. The summed E-state index contributed by atoms with van der Waals surface area (Å²) >= 11 is 3.05. The fourth-order valence-corrected chi connectivity index (χ4v) is 2.96. The number of rotatable bonds is 3.